The van der Waals surface area contributed by atoms with E-state index < -0.39 is 21.3 Å². The first-order chi connectivity index (χ1) is 26.3. The molecule has 1 amide bonds. The second-order valence-corrected chi connectivity index (χ2v) is 16.9. The number of fused-ring (bicyclic) bond motifs is 1. The molecule has 55 heavy (non-hydrogen) atoms. The summed E-state index contributed by atoms with van der Waals surface area (Å²) in [6, 6.07) is 22.1. The Bertz CT molecular complexity index is 1920. The fraction of sp³-hybridized carbons (Fsp3) is 0.429. The lowest BCUT2D eigenvalue weighted by Gasteiger charge is -2.30. The molecule has 298 valence electrons. The molecule has 0 bridgehead atoms. The Balaban J connectivity index is 0.00000126. The molecule has 11 nitrogen and oxygen atoms in total. The number of ether oxygens (including phenoxy) is 2. The Morgan fingerprint density at radius 2 is 1.71 bits per heavy atom. The summed E-state index contributed by atoms with van der Waals surface area (Å²) in [7, 11) is -3.67. The lowest BCUT2D eigenvalue weighted by Crippen LogP contribution is -2.30. The molecular weight excluding hydrogens is 737 g/mol. The zero-order valence-electron chi connectivity index (χ0n) is 32.7. The van der Waals surface area contributed by atoms with E-state index in [9.17, 15) is 17.8 Å². The maximum atomic E-state index is 13.7. The first-order valence-electron chi connectivity index (χ1n) is 19.0. The monoisotopic (exact) mass is 792 g/mol. The van der Waals surface area contributed by atoms with Crippen LogP contribution in [0.2, 0.25) is 0 Å². The van der Waals surface area contributed by atoms with Gasteiger partial charge in [-0.1, -0.05) is 52.3 Å². The van der Waals surface area contributed by atoms with Gasteiger partial charge in [-0.25, -0.2) is 4.98 Å². The predicted molar refractivity (Wildman–Crippen MR) is 223 cm³/mol. The van der Waals surface area contributed by atoms with E-state index in [4.69, 9.17) is 14.0 Å². The Morgan fingerprint density at radius 1 is 1.00 bits per heavy atom. The quantitative estimate of drug-likeness (QED) is 0.0613. The molecule has 1 atom stereocenters. The number of hydrogen-bond acceptors (Lipinski definition) is 8. The molecule has 1 unspecified atom stereocenters. The number of benzene rings is 3. The third-order valence-corrected chi connectivity index (χ3v) is 10.0. The van der Waals surface area contributed by atoms with Crippen LogP contribution >= 0.6 is 0 Å². The van der Waals surface area contributed by atoms with Crippen LogP contribution in [0.4, 0.5) is 11.4 Å². The molecule has 0 saturated heterocycles. The van der Waals surface area contributed by atoms with Gasteiger partial charge in [0.15, 0.2) is 10.6 Å². The maximum Gasteiger partial charge on any atom is 0.261 e. The average molecular weight is 793 g/mol. The van der Waals surface area contributed by atoms with Crippen molar-refractivity contribution in [2.24, 2.45) is 5.92 Å². The van der Waals surface area contributed by atoms with Gasteiger partial charge in [0.2, 0.25) is 0 Å². The summed E-state index contributed by atoms with van der Waals surface area (Å²) >= 11 is -1.21. The van der Waals surface area contributed by atoms with Crippen LogP contribution in [0, 0.1) is 5.92 Å². The first-order valence-corrected chi connectivity index (χ1v) is 22.1. The Hall–Kier alpha value is -4.14. The number of nitrogens with one attached hydrogen (secondary N) is 1. The zero-order valence-corrected chi connectivity index (χ0v) is 34.3. The molecule has 0 radical (unpaired) electrons. The summed E-state index contributed by atoms with van der Waals surface area (Å²) in [6.07, 6.45) is 11.1. The highest BCUT2D eigenvalue weighted by atomic mass is 32.2. The minimum Gasteiger partial charge on any atom is -0.611 e. The van der Waals surface area contributed by atoms with Crippen LogP contribution in [0.3, 0.4) is 0 Å². The second-order valence-electron chi connectivity index (χ2n) is 14.0. The molecule has 3 aromatic carbocycles. The van der Waals surface area contributed by atoms with Crippen molar-refractivity contribution in [1.29, 1.82) is 0 Å². The van der Waals surface area contributed by atoms with Gasteiger partial charge >= 0.3 is 0 Å². The van der Waals surface area contributed by atoms with Gasteiger partial charge in [0.25, 0.3) is 16.0 Å². The summed E-state index contributed by atoms with van der Waals surface area (Å²) < 4.78 is 52.5. The molecule has 4 aromatic rings. The minimum absolute atomic E-state index is 0.115. The van der Waals surface area contributed by atoms with Crippen molar-refractivity contribution in [3.8, 4) is 16.9 Å². The van der Waals surface area contributed by atoms with Crippen molar-refractivity contribution in [1.82, 2.24) is 9.55 Å². The number of hydrogen-bond donors (Lipinski definition) is 2. The maximum absolute atomic E-state index is 13.7. The van der Waals surface area contributed by atoms with Gasteiger partial charge in [-0.05, 0) is 114 Å². The van der Waals surface area contributed by atoms with Gasteiger partial charge in [-0.2, -0.15) is 8.42 Å². The van der Waals surface area contributed by atoms with Crippen molar-refractivity contribution in [3.63, 3.8) is 0 Å². The van der Waals surface area contributed by atoms with Gasteiger partial charge in [0, 0.05) is 43.2 Å². The summed E-state index contributed by atoms with van der Waals surface area (Å²) in [5.74, 6) is 1.62. The predicted octanol–water partition coefficient (Wildman–Crippen LogP) is 8.25. The van der Waals surface area contributed by atoms with E-state index in [1.54, 1.807) is 12.5 Å². The molecule has 2 heterocycles. The fourth-order valence-electron chi connectivity index (χ4n) is 6.13. The smallest absolute Gasteiger partial charge is 0.261 e. The summed E-state index contributed by atoms with van der Waals surface area (Å²) in [6.45, 7) is 13.3. The molecule has 1 aliphatic rings. The molecular formula is C42H56N4O7S2. The number of aryl methyl sites for hydroxylation is 1. The number of carbonyl (C=O) groups is 1. The van der Waals surface area contributed by atoms with Crippen LogP contribution in [-0.4, -0.2) is 72.1 Å². The molecule has 0 fully saturated rings. The third kappa shape index (κ3) is 14.8. The van der Waals surface area contributed by atoms with Gasteiger partial charge < -0.3 is 28.8 Å². The Morgan fingerprint density at radius 3 is 2.38 bits per heavy atom. The summed E-state index contributed by atoms with van der Waals surface area (Å²) in [4.78, 5) is 21.1. The number of anilines is 2. The number of unbranched alkanes of at least 4 members (excludes halogenated alkanes) is 1. The van der Waals surface area contributed by atoms with E-state index in [1.165, 1.54) is 0 Å². The molecule has 5 rings (SSSR count). The van der Waals surface area contributed by atoms with Gasteiger partial charge in [0.1, 0.15) is 12.4 Å². The molecule has 13 heteroatoms. The van der Waals surface area contributed by atoms with Crippen molar-refractivity contribution in [2.45, 2.75) is 77.0 Å². The van der Waals surface area contributed by atoms with Crippen molar-refractivity contribution in [2.75, 3.05) is 49.4 Å². The third-order valence-electron chi connectivity index (χ3n) is 8.69. The van der Waals surface area contributed by atoms with Crippen molar-refractivity contribution in [3.05, 3.63) is 96.1 Å². The van der Waals surface area contributed by atoms with Crippen molar-refractivity contribution >= 4 is 44.7 Å². The molecule has 2 N–H and O–H groups in total. The number of rotatable bonds is 17. The lowest BCUT2D eigenvalue weighted by atomic mass is 9.96. The summed E-state index contributed by atoms with van der Waals surface area (Å²) in [5.41, 5.74) is 6.73. The second kappa shape index (κ2) is 21.8. The molecule has 1 aliphatic heterocycles. The topological polar surface area (TPSA) is 146 Å². The molecule has 0 aliphatic carbocycles. The van der Waals surface area contributed by atoms with E-state index in [0.29, 0.717) is 43.2 Å². The number of carbonyl (C=O) groups excluding carboxylic acids is 1. The van der Waals surface area contributed by atoms with Crippen molar-refractivity contribution < 1.29 is 31.8 Å². The molecule has 0 saturated carbocycles. The van der Waals surface area contributed by atoms with Gasteiger partial charge in [0.05, 0.1) is 31.1 Å². The standard InChI is InChI=1S/C41H52N4O4S.CH4O3S/c1-5-7-22-48-23-24-49-38-15-10-32(11-16-38)33-12-19-40-35(25-33)26-34(9-8-21-44(40)28-31(3)4)41(46)43-36-13-17-39(18-14-36)50(47)29-37-27-42-30-45(37)20-6-2;1-5(2,3)4/h10-19,25-27,30-31H,5-9,20-24,28-29H2,1-4H3,(H,43,46);1H3,(H,2,3,4)/b34-26+;. The minimum atomic E-state index is -3.67. The van der Waals surface area contributed by atoms with E-state index in [0.717, 1.165) is 96.2 Å². The molecule has 1 aromatic heterocycles. The highest BCUT2D eigenvalue weighted by Crippen LogP contribution is 2.33. The van der Waals surface area contributed by atoms with E-state index in [-0.39, 0.29) is 5.91 Å². The SMILES string of the molecule is CCCCOCCOc1ccc(-c2ccc3c(c2)/C=C(/C(=O)Nc2ccc([S+]([O-])Cc4cncn4CCC)cc2)CCCN3CC(C)C)cc1.CS(=O)(=O)O. The first kappa shape index (κ1) is 43.6. The van der Waals surface area contributed by atoms with Gasteiger partial charge in [-0.3, -0.25) is 9.35 Å². The zero-order chi connectivity index (χ0) is 39.8. The number of imidazole rings is 1. The Kier molecular flexibility index (Phi) is 17.3. The van der Waals surface area contributed by atoms with Gasteiger partial charge in [-0.15, -0.1) is 0 Å². The van der Waals surface area contributed by atoms with E-state index in [2.05, 4.69) is 83.9 Å². The highest BCUT2D eigenvalue weighted by Gasteiger charge is 2.20. The molecule has 0 spiro atoms. The number of nitrogens with zero attached hydrogens (tertiary/aromatic N) is 3. The lowest BCUT2D eigenvalue weighted by molar-refractivity contribution is -0.112. The van der Waals surface area contributed by atoms with Crippen LogP contribution in [0.5, 0.6) is 5.75 Å². The van der Waals surface area contributed by atoms with Crippen LogP contribution in [-0.2, 0) is 43.1 Å². The van der Waals surface area contributed by atoms with E-state index >= 15 is 0 Å². The van der Waals surface area contributed by atoms with Crippen LogP contribution in [0.1, 0.15) is 71.1 Å². The fourth-order valence-corrected chi connectivity index (χ4v) is 7.24. The Labute approximate surface area is 330 Å². The normalized spacial score (nSPS) is 14.5. The van der Waals surface area contributed by atoms with Crippen LogP contribution in [0.25, 0.3) is 17.2 Å². The number of amides is 1. The van der Waals surface area contributed by atoms with Crippen LogP contribution < -0.4 is 15.0 Å². The summed E-state index contributed by atoms with van der Waals surface area (Å²) in [5, 5.41) is 3.10. The average Bonchev–Trinajstić information content (AvgIpc) is 3.57. The number of aromatic nitrogens is 2. The van der Waals surface area contributed by atoms with E-state index in [1.807, 2.05) is 36.4 Å². The largest absolute Gasteiger partial charge is 0.611 e. The highest BCUT2D eigenvalue weighted by molar-refractivity contribution is 7.90. The van der Waals surface area contributed by atoms with Crippen LogP contribution in [0.15, 0.2) is 89.7 Å².